The number of aromatic nitrogens is 4. The van der Waals surface area contributed by atoms with Crippen molar-refractivity contribution >= 4 is 34.3 Å². The molecule has 1 aliphatic heterocycles. The molecule has 1 aromatic carbocycles. The van der Waals surface area contributed by atoms with Crippen LogP contribution >= 0.6 is 0 Å². The fourth-order valence-corrected chi connectivity index (χ4v) is 5.22. The quantitative estimate of drug-likeness (QED) is 0.290. The maximum atomic E-state index is 16.0. The number of carbonyl (C=O) groups is 2. The van der Waals surface area contributed by atoms with Crippen LogP contribution in [0.3, 0.4) is 0 Å². The summed E-state index contributed by atoms with van der Waals surface area (Å²) in [6.07, 6.45) is 5.90. The zero-order valence-electron chi connectivity index (χ0n) is 23.8. The molecule has 3 unspecified atom stereocenters. The SMILES string of the molecule is Cc1ccncc1-c1cc2cc(NC(=O)C3CC3c3ccnn3C3NCCO3)ncc2c(NC(=O)OC(C)(C)C)c1F. The number of carbonyl (C=O) groups excluding carboxylic acids is 2. The summed E-state index contributed by atoms with van der Waals surface area (Å²) in [5, 5.41) is 14.0. The molecule has 4 heterocycles. The zero-order valence-corrected chi connectivity index (χ0v) is 23.8. The van der Waals surface area contributed by atoms with Crippen LogP contribution in [0.4, 0.5) is 20.7 Å². The largest absolute Gasteiger partial charge is 0.444 e. The van der Waals surface area contributed by atoms with Gasteiger partial charge in [-0.15, -0.1) is 0 Å². The minimum absolute atomic E-state index is 0.0119. The zero-order chi connectivity index (χ0) is 29.6. The fraction of sp³-hybridized carbons (Fsp3) is 0.367. The monoisotopic (exact) mass is 573 g/mol. The second kappa shape index (κ2) is 10.8. The van der Waals surface area contributed by atoms with E-state index in [0.29, 0.717) is 35.2 Å². The minimum Gasteiger partial charge on any atom is -0.444 e. The van der Waals surface area contributed by atoms with Crippen LogP contribution in [0.5, 0.6) is 0 Å². The molecule has 2 aliphatic rings. The summed E-state index contributed by atoms with van der Waals surface area (Å²) in [5.74, 6) is -0.724. The van der Waals surface area contributed by atoms with E-state index >= 15 is 4.39 Å². The molecule has 12 heteroatoms. The van der Waals surface area contributed by atoms with Gasteiger partial charge in [-0.3, -0.25) is 20.4 Å². The average molecular weight is 574 g/mol. The Morgan fingerprint density at radius 2 is 1.98 bits per heavy atom. The number of hydrogen-bond donors (Lipinski definition) is 3. The third-order valence-corrected chi connectivity index (χ3v) is 7.29. The van der Waals surface area contributed by atoms with Gasteiger partial charge < -0.3 is 14.8 Å². The van der Waals surface area contributed by atoms with Gasteiger partial charge in [0.15, 0.2) is 5.82 Å². The van der Waals surface area contributed by atoms with Gasteiger partial charge >= 0.3 is 6.09 Å². The van der Waals surface area contributed by atoms with Gasteiger partial charge in [0.1, 0.15) is 11.4 Å². The first-order valence-corrected chi connectivity index (χ1v) is 13.8. The lowest BCUT2D eigenvalue weighted by atomic mass is 9.98. The van der Waals surface area contributed by atoms with Crippen LogP contribution in [-0.2, 0) is 14.3 Å². The topological polar surface area (TPSA) is 132 Å². The van der Waals surface area contributed by atoms with Crippen molar-refractivity contribution in [3.05, 3.63) is 66.1 Å². The predicted octanol–water partition coefficient (Wildman–Crippen LogP) is 5.11. The van der Waals surface area contributed by atoms with E-state index in [4.69, 9.17) is 9.47 Å². The molecule has 3 N–H and O–H groups in total. The van der Waals surface area contributed by atoms with Crippen molar-refractivity contribution < 1.29 is 23.5 Å². The molecule has 2 amide bonds. The standard InChI is InChI=1S/C30H32FN7O4/c1-16-5-7-32-14-21(16)19-11-17-12-24(34-15-22(17)26(25(19)31)37-29(40)42-30(2,3)4)36-27(39)20-13-18(20)23-6-8-35-38(23)28-33-9-10-41-28/h5-8,11-12,14-15,18,20,28,33H,9-10,13H2,1-4H3,(H,37,40)(H,34,36,39). The predicted molar refractivity (Wildman–Crippen MR) is 154 cm³/mol. The molecule has 3 atom stereocenters. The van der Waals surface area contributed by atoms with E-state index in [9.17, 15) is 9.59 Å². The van der Waals surface area contributed by atoms with Crippen molar-refractivity contribution in [2.24, 2.45) is 5.92 Å². The Balaban J connectivity index is 1.29. The molecule has 42 heavy (non-hydrogen) atoms. The van der Waals surface area contributed by atoms with Gasteiger partial charge in [-0.05, 0) is 69.3 Å². The Labute approximate surface area is 241 Å². The first kappa shape index (κ1) is 27.7. The number of anilines is 2. The summed E-state index contributed by atoms with van der Waals surface area (Å²) < 4.78 is 28.8. The number of rotatable bonds is 6. The number of ether oxygens (including phenoxy) is 2. The third-order valence-electron chi connectivity index (χ3n) is 7.29. The normalized spacial score (nSPS) is 20.0. The van der Waals surface area contributed by atoms with E-state index in [0.717, 1.165) is 17.8 Å². The Morgan fingerprint density at radius 1 is 1.14 bits per heavy atom. The second-order valence-corrected chi connectivity index (χ2v) is 11.5. The third kappa shape index (κ3) is 5.55. The smallest absolute Gasteiger partial charge is 0.412 e. The fourth-order valence-electron chi connectivity index (χ4n) is 5.22. The van der Waals surface area contributed by atoms with Crippen LogP contribution in [-0.4, -0.2) is 50.5 Å². The van der Waals surface area contributed by atoms with E-state index < -0.39 is 17.5 Å². The lowest BCUT2D eigenvalue weighted by Crippen LogP contribution is -2.27. The van der Waals surface area contributed by atoms with E-state index in [1.54, 1.807) is 62.2 Å². The Bertz CT molecular complexity index is 1680. The van der Waals surface area contributed by atoms with E-state index in [1.165, 1.54) is 6.20 Å². The van der Waals surface area contributed by atoms with Gasteiger partial charge in [-0.25, -0.2) is 18.9 Å². The first-order chi connectivity index (χ1) is 20.1. The number of halogens is 1. The molecule has 0 bridgehead atoms. The summed E-state index contributed by atoms with van der Waals surface area (Å²) in [6, 6.07) is 7.02. The van der Waals surface area contributed by atoms with Gasteiger partial charge in [0, 0.05) is 65.4 Å². The van der Waals surface area contributed by atoms with E-state index in [-0.39, 0.29) is 35.3 Å². The number of hydrogen-bond acceptors (Lipinski definition) is 8. The molecular weight excluding hydrogens is 541 g/mol. The molecule has 1 aliphatic carbocycles. The van der Waals surface area contributed by atoms with Crippen LogP contribution in [0.15, 0.2) is 49.1 Å². The maximum Gasteiger partial charge on any atom is 0.412 e. The van der Waals surface area contributed by atoms with Crippen molar-refractivity contribution in [3.63, 3.8) is 0 Å². The molecule has 3 aromatic heterocycles. The van der Waals surface area contributed by atoms with Gasteiger partial charge in [-0.1, -0.05) is 0 Å². The summed E-state index contributed by atoms with van der Waals surface area (Å²) in [6.45, 7) is 8.38. The lowest BCUT2D eigenvalue weighted by Gasteiger charge is -2.21. The molecule has 1 saturated carbocycles. The second-order valence-electron chi connectivity index (χ2n) is 11.5. The summed E-state index contributed by atoms with van der Waals surface area (Å²) in [5.41, 5.74) is 1.73. The number of amides is 2. The number of nitrogens with one attached hydrogen (secondary N) is 3. The van der Waals surface area contributed by atoms with Crippen LogP contribution in [0, 0.1) is 18.7 Å². The summed E-state index contributed by atoms with van der Waals surface area (Å²) in [7, 11) is 0. The highest BCUT2D eigenvalue weighted by Gasteiger charge is 2.46. The van der Waals surface area contributed by atoms with Gasteiger partial charge in [0.25, 0.3) is 0 Å². The molecule has 0 radical (unpaired) electrons. The van der Waals surface area contributed by atoms with Gasteiger partial charge in [0.05, 0.1) is 12.3 Å². The van der Waals surface area contributed by atoms with Crippen LogP contribution in [0.2, 0.25) is 0 Å². The highest BCUT2D eigenvalue weighted by Crippen LogP contribution is 2.48. The van der Waals surface area contributed by atoms with Gasteiger partial charge in [0.2, 0.25) is 12.3 Å². The Morgan fingerprint density at radius 3 is 2.71 bits per heavy atom. The summed E-state index contributed by atoms with van der Waals surface area (Å²) in [4.78, 5) is 34.4. The van der Waals surface area contributed by atoms with Gasteiger partial charge in [-0.2, -0.15) is 5.10 Å². The molecule has 2 fully saturated rings. The van der Waals surface area contributed by atoms with Crippen molar-refractivity contribution in [2.75, 3.05) is 23.8 Å². The molecule has 0 spiro atoms. The van der Waals surface area contributed by atoms with E-state index in [1.807, 2.05) is 13.0 Å². The summed E-state index contributed by atoms with van der Waals surface area (Å²) >= 11 is 0. The van der Waals surface area contributed by atoms with Crippen molar-refractivity contribution in [1.82, 2.24) is 25.1 Å². The van der Waals surface area contributed by atoms with Crippen molar-refractivity contribution in [3.8, 4) is 11.1 Å². The highest BCUT2D eigenvalue weighted by molar-refractivity contribution is 6.04. The van der Waals surface area contributed by atoms with Crippen LogP contribution < -0.4 is 16.0 Å². The van der Waals surface area contributed by atoms with Crippen molar-refractivity contribution in [2.45, 2.75) is 52.0 Å². The minimum atomic E-state index is -0.794. The number of nitrogens with zero attached hydrogens (tertiary/aromatic N) is 4. The molecule has 11 nitrogen and oxygen atoms in total. The Kier molecular flexibility index (Phi) is 7.11. The number of fused-ring (bicyclic) bond motifs is 1. The van der Waals surface area contributed by atoms with E-state index in [2.05, 4.69) is 31.0 Å². The lowest BCUT2D eigenvalue weighted by molar-refractivity contribution is -0.117. The first-order valence-electron chi connectivity index (χ1n) is 13.8. The molecule has 4 aromatic rings. The van der Waals surface area contributed by atoms with Crippen LogP contribution in [0.1, 0.15) is 50.7 Å². The molecule has 218 valence electrons. The number of aryl methyl sites for hydroxylation is 1. The molecule has 6 rings (SSSR count). The maximum absolute atomic E-state index is 16.0. The number of pyridine rings is 2. The number of benzene rings is 1. The highest BCUT2D eigenvalue weighted by atomic mass is 19.1. The average Bonchev–Trinajstić information content (AvgIpc) is 3.29. The van der Waals surface area contributed by atoms with Crippen LogP contribution in [0.25, 0.3) is 21.9 Å². The molecular formula is C30H32FN7O4. The molecule has 1 saturated heterocycles. The Hall–Kier alpha value is -4.42. The van der Waals surface area contributed by atoms with Crippen molar-refractivity contribution in [1.29, 1.82) is 0 Å².